The second-order valence-corrected chi connectivity index (χ2v) is 6.92. The molecule has 1 unspecified atom stereocenters. The molecule has 5 nitrogen and oxygen atoms in total. The van der Waals surface area contributed by atoms with Crippen LogP contribution in [-0.4, -0.2) is 48.7 Å². The van der Waals surface area contributed by atoms with Crippen molar-refractivity contribution in [1.29, 1.82) is 0 Å². The molecule has 1 saturated heterocycles. The molecule has 0 spiro atoms. The zero-order valence-electron chi connectivity index (χ0n) is 13.7. The Morgan fingerprint density at radius 1 is 1.14 bits per heavy atom. The molecule has 1 heterocycles. The van der Waals surface area contributed by atoms with Gasteiger partial charge >= 0.3 is 5.97 Å². The van der Waals surface area contributed by atoms with Gasteiger partial charge in [0.25, 0.3) is 0 Å². The SMILES string of the molecule is COCC1(C(=O)O)CCCN(C(=O)C2CCCCCCC2)C1. The zero-order valence-corrected chi connectivity index (χ0v) is 13.7. The van der Waals surface area contributed by atoms with E-state index in [0.717, 1.165) is 32.1 Å². The third-order valence-electron chi connectivity index (χ3n) is 5.22. The quantitative estimate of drug-likeness (QED) is 0.867. The van der Waals surface area contributed by atoms with E-state index in [0.29, 0.717) is 19.5 Å². The van der Waals surface area contributed by atoms with Gasteiger partial charge in [0.05, 0.1) is 6.61 Å². The molecule has 1 amide bonds. The monoisotopic (exact) mass is 311 g/mol. The molecular weight excluding hydrogens is 282 g/mol. The number of rotatable bonds is 4. The lowest BCUT2D eigenvalue weighted by Crippen LogP contribution is -2.53. The average Bonchev–Trinajstić information content (AvgIpc) is 2.47. The fourth-order valence-electron chi connectivity index (χ4n) is 3.91. The average molecular weight is 311 g/mol. The van der Waals surface area contributed by atoms with Gasteiger partial charge in [-0.25, -0.2) is 0 Å². The molecule has 1 atom stereocenters. The van der Waals surface area contributed by atoms with Crippen molar-refractivity contribution in [1.82, 2.24) is 4.90 Å². The number of carbonyl (C=O) groups is 2. The Hall–Kier alpha value is -1.10. The number of carboxylic acid groups (broad SMARTS) is 1. The zero-order chi connectivity index (χ0) is 16.0. The molecule has 2 aliphatic rings. The van der Waals surface area contributed by atoms with Gasteiger partial charge in [-0.2, -0.15) is 0 Å². The first-order valence-corrected chi connectivity index (χ1v) is 8.60. The molecule has 1 N–H and O–H groups in total. The predicted octanol–water partition coefficient (Wildman–Crippen LogP) is 2.69. The number of ether oxygens (including phenoxy) is 1. The number of hydrogen-bond acceptors (Lipinski definition) is 3. The van der Waals surface area contributed by atoms with Gasteiger partial charge in [0.1, 0.15) is 5.41 Å². The topological polar surface area (TPSA) is 66.8 Å². The molecule has 2 fully saturated rings. The number of nitrogens with zero attached hydrogens (tertiary/aromatic N) is 1. The lowest BCUT2D eigenvalue weighted by atomic mass is 9.79. The van der Waals surface area contributed by atoms with Crippen molar-refractivity contribution in [2.45, 2.75) is 57.8 Å². The summed E-state index contributed by atoms with van der Waals surface area (Å²) in [6, 6.07) is 0. The van der Waals surface area contributed by atoms with E-state index < -0.39 is 11.4 Å². The highest BCUT2D eigenvalue weighted by molar-refractivity contribution is 5.81. The molecule has 0 bridgehead atoms. The van der Waals surface area contributed by atoms with E-state index in [2.05, 4.69) is 0 Å². The third-order valence-corrected chi connectivity index (χ3v) is 5.22. The van der Waals surface area contributed by atoms with Crippen molar-refractivity contribution < 1.29 is 19.4 Å². The molecular formula is C17H29NO4. The first kappa shape index (κ1) is 17.3. The first-order chi connectivity index (χ1) is 10.6. The molecule has 1 saturated carbocycles. The van der Waals surface area contributed by atoms with Crippen molar-refractivity contribution in [3.63, 3.8) is 0 Å². The minimum Gasteiger partial charge on any atom is -0.481 e. The highest BCUT2D eigenvalue weighted by atomic mass is 16.5. The molecule has 2 rings (SSSR count). The maximum atomic E-state index is 12.8. The van der Waals surface area contributed by atoms with Crippen molar-refractivity contribution in [3.05, 3.63) is 0 Å². The fraction of sp³-hybridized carbons (Fsp3) is 0.882. The van der Waals surface area contributed by atoms with Crippen molar-refractivity contribution >= 4 is 11.9 Å². The van der Waals surface area contributed by atoms with E-state index in [1.807, 2.05) is 0 Å². The normalized spacial score (nSPS) is 28.0. The van der Waals surface area contributed by atoms with Crippen LogP contribution in [0.15, 0.2) is 0 Å². The van der Waals surface area contributed by atoms with Crippen LogP contribution in [0, 0.1) is 11.3 Å². The largest absolute Gasteiger partial charge is 0.481 e. The van der Waals surface area contributed by atoms with Gasteiger partial charge in [0, 0.05) is 26.1 Å². The number of piperidine rings is 1. The lowest BCUT2D eigenvalue weighted by Gasteiger charge is -2.40. The molecule has 126 valence electrons. The van der Waals surface area contributed by atoms with Gasteiger partial charge < -0.3 is 14.7 Å². The Kier molecular flexibility index (Phi) is 6.24. The Morgan fingerprint density at radius 3 is 2.36 bits per heavy atom. The number of aliphatic carboxylic acids is 1. The lowest BCUT2D eigenvalue weighted by molar-refractivity contribution is -0.160. The smallest absolute Gasteiger partial charge is 0.313 e. The van der Waals surface area contributed by atoms with E-state index in [4.69, 9.17) is 4.74 Å². The van der Waals surface area contributed by atoms with Crippen molar-refractivity contribution in [2.75, 3.05) is 26.8 Å². The molecule has 0 aromatic rings. The Morgan fingerprint density at radius 2 is 1.77 bits per heavy atom. The minimum absolute atomic E-state index is 0.0902. The number of carboxylic acids is 1. The van der Waals surface area contributed by atoms with Crippen LogP contribution in [0.1, 0.15) is 57.8 Å². The molecule has 0 aromatic carbocycles. The van der Waals surface area contributed by atoms with Crippen LogP contribution in [0.4, 0.5) is 0 Å². The van der Waals surface area contributed by atoms with Crippen LogP contribution in [0.25, 0.3) is 0 Å². The summed E-state index contributed by atoms with van der Waals surface area (Å²) in [5, 5.41) is 9.59. The maximum Gasteiger partial charge on any atom is 0.313 e. The molecule has 1 aliphatic heterocycles. The minimum atomic E-state index is -0.926. The van der Waals surface area contributed by atoms with Gasteiger partial charge in [-0.05, 0) is 25.7 Å². The van der Waals surface area contributed by atoms with E-state index in [9.17, 15) is 14.7 Å². The summed E-state index contributed by atoms with van der Waals surface area (Å²) in [5.41, 5.74) is -0.926. The number of hydrogen-bond donors (Lipinski definition) is 1. The van der Waals surface area contributed by atoms with E-state index in [1.165, 1.54) is 26.4 Å². The van der Waals surface area contributed by atoms with Crippen LogP contribution in [0.3, 0.4) is 0 Å². The van der Waals surface area contributed by atoms with Gasteiger partial charge in [-0.3, -0.25) is 9.59 Å². The highest BCUT2D eigenvalue weighted by Gasteiger charge is 2.44. The standard InChI is InChI=1S/C17H29NO4/c1-22-13-17(16(20)21)10-7-11-18(12-17)15(19)14-8-5-3-2-4-6-9-14/h14H,2-13H2,1H3,(H,20,21). The van der Waals surface area contributed by atoms with E-state index in [1.54, 1.807) is 4.90 Å². The number of likely N-dealkylation sites (tertiary alicyclic amines) is 1. The second-order valence-electron chi connectivity index (χ2n) is 6.92. The van der Waals surface area contributed by atoms with Crippen LogP contribution in [0.2, 0.25) is 0 Å². The summed E-state index contributed by atoms with van der Waals surface area (Å²) in [4.78, 5) is 26.3. The number of amides is 1. The van der Waals surface area contributed by atoms with Crippen LogP contribution in [-0.2, 0) is 14.3 Å². The van der Waals surface area contributed by atoms with E-state index in [-0.39, 0.29) is 18.4 Å². The highest BCUT2D eigenvalue weighted by Crippen LogP contribution is 2.33. The van der Waals surface area contributed by atoms with Gasteiger partial charge in [0.15, 0.2) is 0 Å². The number of methoxy groups -OCH3 is 1. The van der Waals surface area contributed by atoms with Crippen LogP contribution in [0.5, 0.6) is 0 Å². The first-order valence-electron chi connectivity index (χ1n) is 8.60. The van der Waals surface area contributed by atoms with Gasteiger partial charge in [-0.15, -0.1) is 0 Å². The molecule has 22 heavy (non-hydrogen) atoms. The van der Waals surface area contributed by atoms with Gasteiger partial charge in [-0.1, -0.05) is 32.1 Å². The molecule has 0 aromatic heterocycles. The Balaban J connectivity index is 2.03. The number of carbonyl (C=O) groups excluding carboxylic acids is 1. The third kappa shape index (κ3) is 4.00. The molecule has 0 radical (unpaired) electrons. The maximum absolute atomic E-state index is 12.8. The second kappa shape index (κ2) is 7.95. The predicted molar refractivity (Wildman–Crippen MR) is 83.6 cm³/mol. The molecule has 5 heteroatoms. The summed E-state index contributed by atoms with van der Waals surface area (Å²) in [5.74, 6) is -0.583. The Labute approximate surface area is 133 Å². The van der Waals surface area contributed by atoms with Crippen LogP contribution < -0.4 is 0 Å². The van der Waals surface area contributed by atoms with Crippen LogP contribution >= 0.6 is 0 Å². The fourth-order valence-corrected chi connectivity index (χ4v) is 3.91. The van der Waals surface area contributed by atoms with Crippen molar-refractivity contribution in [3.8, 4) is 0 Å². The summed E-state index contributed by atoms with van der Waals surface area (Å²) in [7, 11) is 1.53. The summed E-state index contributed by atoms with van der Waals surface area (Å²) >= 11 is 0. The van der Waals surface area contributed by atoms with E-state index >= 15 is 0 Å². The van der Waals surface area contributed by atoms with Crippen molar-refractivity contribution in [2.24, 2.45) is 11.3 Å². The summed E-state index contributed by atoms with van der Waals surface area (Å²) < 4.78 is 5.14. The molecule has 1 aliphatic carbocycles. The summed E-state index contributed by atoms with van der Waals surface area (Å²) in [6.45, 7) is 1.16. The van der Waals surface area contributed by atoms with Gasteiger partial charge in [0.2, 0.25) is 5.91 Å². The Bertz CT molecular complexity index is 386. The summed E-state index contributed by atoms with van der Waals surface area (Å²) in [6.07, 6.45) is 9.19.